The van der Waals surface area contributed by atoms with Gasteiger partial charge in [-0.1, -0.05) is 13.3 Å². The number of carbonyl (C=O) groups is 3. The molecular weight excluding hydrogens is 398 g/mol. The number of anilines is 2. The first-order valence-electron chi connectivity index (χ1n) is 10.6. The van der Waals surface area contributed by atoms with Crippen molar-refractivity contribution >= 4 is 29.9 Å². The molecule has 1 fully saturated rings. The summed E-state index contributed by atoms with van der Waals surface area (Å²) in [6.07, 6.45) is 4.27. The molecule has 9 heteroatoms. The molecule has 1 aliphatic carbocycles. The molecule has 1 aromatic carbocycles. The number of urea groups is 1. The number of hydrogen-bond donors (Lipinski definition) is 1. The minimum Gasteiger partial charge on any atom is -0.497 e. The van der Waals surface area contributed by atoms with Crippen LogP contribution in [0.3, 0.4) is 0 Å². The highest BCUT2D eigenvalue weighted by atomic mass is 16.5. The fourth-order valence-electron chi connectivity index (χ4n) is 3.71. The van der Waals surface area contributed by atoms with E-state index in [9.17, 15) is 14.4 Å². The predicted octanol–water partition coefficient (Wildman–Crippen LogP) is 3.06. The van der Waals surface area contributed by atoms with Crippen molar-refractivity contribution in [1.29, 1.82) is 0 Å². The average Bonchev–Trinajstić information content (AvgIpc) is 3.46. The highest BCUT2D eigenvalue weighted by Crippen LogP contribution is 2.37. The van der Waals surface area contributed by atoms with Gasteiger partial charge in [-0.25, -0.2) is 9.48 Å². The van der Waals surface area contributed by atoms with Crippen LogP contribution in [0.2, 0.25) is 0 Å². The fourth-order valence-corrected chi connectivity index (χ4v) is 3.71. The van der Waals surface area contributed by atoms with Gasteiger partial charge in [-0.3, -0.25) is 14.5 Å². The maximum absolute atomic E-state index is 12.9. The molecular formula is C22H27N5O4. The van der Waals surface area contributed by atoms with Gasteiger partial charge in [-0.05, 0) is 43.5 Å². The van der Waals surface area contributed by atoms with Crippen LogP contribution in [0.15, 0.2) is 24.3 Å². The Morgan fingerprint density at radius 1 is 1.26 bits per heavy atom. The Bertz CT molecular complexity index is 981. The molecule has 2 heterocycles. The monoisotopic (exact) mass is 425 g/mol. The number of hydrogen-bond acceptors (Lipinski definition) is 5. The quantitative estimate of drug-likeness (QED) is 0.518. The summed E-state index contributed by atoms with van der Waals surface area (Å²) in [7, 11) is 1.57. The third kappa shape index (κ3) is 4.12. The van der Waals surface area contributed by atoms with Crippen LogP contribution in [0.1, 0.15) is 48.7 Å². The molecule has 1 N–H and O–H groups in total. The summed E-state index contributed by atoms with van der Waals surface area (Å²) in [5, 5.41) is 7.44. The zero-order valence-electron chi connectivity index (χ0n) is 17.8. The summed E-state index contributed by atoms with van der Waals surface area (Å²) in [6.45, 7) is 3.25. The molecule has 2 aliphatic rings. The lowest BCUT2D eigenvalue weighted by Gasteiger charge is -2.19. The predicted molar refractivity (Wildman–Crippen MR) is 114 cm³/mol. The van der Waals surface area contributed by atoms with Crippen LogP contribution in [-0.4, -0.2) is 46.7 Å². The zero-order chi connectivity index (χ0) is 22.0. The lowest BCUT2D eigenvalue weighted by atomic mass is 10.2. The van der Waals surface area contributed by atoms with Crippen molar-refractivity contribution < 1.29 is 19.1 Å². The SMILES string of the molecule is CCCCNC(=O)N1Cc2c(N(C=O)c3ccc(OC)cc3)nn(C(=O)C3CC3)c2C1. The van der Waals surface area contributed by atoms with E-state index in [1.165, 1.54) is 9.58 Å². The van der Waals surface area contributed by atoms with Crippen LogP contribution in [0.4, 0.5) is 16.3 Å². The fraction of sp³-hybridized carbons (Fsp3) is 0.455. The van der Waals surface area contributed by atoms with Gasteiger partial charge in [0, 0.05) is 18.0 Å². The second kappa shape index (κ2) is 8.79. The second-order valence-corrected chi connectivity index (χ2v) is 7.89. The Hall–Kier alpha value is -3.36. The second-order valence-electron chi connectivity index (χ2n) is 7.89. The van der Waals surface area contributed by atoms with E-state index in [-0.39, 0.29) is 24.4 Å². The number of rotatable bonds is 8. The first-order chi connectivity index (χ1) is 15.1. The summed E-state index contributed by atoms with van der Waals surface area (Å²) in [5.74, 6) is 0.948. The molecule has 164 valence electrons. The van der Waals surface area contributed by atoms with E-state index < -0.39 is 0 Å². The molecule has 31 heavy (non-hydrogen) atoms. The van der Waals surface area contributed by atoms with Gasteiger partial charge >= 0.3 is 6.03 Å². The van der Waals surface area contributed by atoms with Crippen LogP contribution in [0.5, 0.6) is 5.75 Å². The molecule has 0 spiro atoms. The van der Waals surface area contributed by atoms with Gasteiger partial charge < -0.3 is 15.0 Å². The van der Waals surface area contributed by atoms with E-state index in [0.717, 1.165) is 31.2 Å². The van der Waals surface area contributed by atoms with Gasteiger partial charge in [0.05, 0.1) is 31.6 Å². The highest BCUT2D eigenvalue weighted by Gasteiger charge is 2.38. The lowest BCUT2D eigenvalue weighted by molar-refractivity contribution is -0.106. The number of unbranched alkanes of at least 4 members (excludes halogenated alkanes) is 1. The molecule has 0 bridgehead atoms. The largest absolute Gasteiger partial charge is 0.497 e. The van der Waals surface area contributed by atoms with Crippen molar-refractivity contribution in [3.63, 3.8) is 0 Å². The maximum Gasteiger partial charge on any atom is 0.318 e. The normalized spacial score (nSPS) is 14.8. The van der Waals surface area contributed by atoms with E-state index in [2.05, 4.69) is 17.3 Å². The molecule has 2 aromatic rings. The van der Waals surface area contributed by atoms with Crippen LogP contribution in [0.25, 0.3) is 0 Å². The van der Waals surface area contributed by atoms with Gasteiger partial charge in [0.15, 0.2) is 5.82 Å². The number of fused-ring (bicyclic) bond motifs is 1. The van der Waals surface area contributed by atoms with Gasteiger partial charge in [0.1, 0.15) is 5.75 Å². The maximum atomic E-state index is 12.9. The molecule has 1 aliphatic heterocycles. The smallest absolute Gasteiger partial charge is 0.318 e. The third-order valence-electron chi connectivity index (χ3n) is 5.67. The minimum atomic E-state index is -0.178. The number of ether oxygens (including phenoxy) is 1. The van der Waals surface area contributed by atoms with E-state index in [1.807, 2.05) is 0 Å². The number of amides is 3. The van der Waals surface area contributed by atoms with E-state index >= 15 is 0 Å². The standard InChI is InChI=1S/C22H27N5O4/c1-3-4-11-23-22(30)25-12-18-19(13-25)27(21(29)15-5-6-15)24-20(18)26(14-28)16-7-9-17(31-2)10-8-16/h7-10,14-15H,3-6,11-13H2,1-2H3,(H,23,30). The first kappa shape index (κ1) is 20.9. The molecule has 1 saturated carbocycles. The van der Waals surface area contributed by atoms with E-state index in [1.54, 1.807) is 36.3 Å². The van der Waals surface area contributed by atoms with Crippen molar-refractivity contribution in [2.24, 2.45) is 5.92 Å². The Balaban J connectivity index is 1.65. The van der Waals surface area contributed by atoms with Gasteiger partial charge in [-0.15, -0.1) is 5.10 Å². The van der Waals surface area contributed by atoms with Crippen molar-refractivity contribution in [2.75, 3.05) is 18.6 Å². The molecule has 0 atom stereocenters. The van der Waals surface area contributed by atoms with Crippen LogP contribution in [-0.2, 0) is 17.9 Å². The molecule has 0 unspecified atom stereocenters. The topological polar surface area (TPSA) is 96.8 Å². The summed E-state index contributed by atoms with van der Waals surface area (Å²) < 4.78 is 6.59. The molecule has 0 saturated heterocycles. The molecule has 3 amide bonds. The van der Waals surface area contributed by atoms with E-state index in [0.29, 0.717) is 42.4 Å². The van der Waals surface area contributed by atoms with Crippen molar-refractivity contribution in [3.05, 3.63) is 35.5 Å². The minimum absolute atomic E-state index is 0.0325. The third-order valence-corrected chi connectivity index (χ3v) is 5.67. The molecule has 1 aromatic heterocycles. The van der Waals surface area contributed by atoms with Gasteiger partial charge in [0.25, 0.3) is 0 Å². The molecule has 9 nitrogen and oxygen atoms in total. The Morgan fingerprint density at radius 2 is 2.00 bits per heavy atom. The highest BCUT2D eigenvalue weighted by molar-refractivity contribution is 5.90. The average molecular weight is 425 g/mol. The Labute approximate surface area is 180 Å². The molecule has 4 rings (SSSR count). The summed E-state index contributed by atoms with van der Waals surface area (Å²) >= 11 is 0. The number of aromatic nitrogens is 2. The Kier molecular flexibility index (Phi) is 5.92. The van der Waals surface area contributed by atoms with Crippen molar-refractivity contribution in [3.8, 4) is 5.75 Å². The number of carbonyl (C=O) groups excluding carboxylic acids is 3. The van der Waals surface area contributed by atoms with Gasteiger partial charge in [-0.2, -0.15) is 0 Å². The molecule has 0 radical (unpaired) electrons. The Morgan fingerprint density at radius 3 is 2.61 bits per heavy atom. The van der Waals surface area contributed by atoms with Crippen LogP contribution in [0, 0.1) is 5.92 Å². The van der Waals surface area contributed by atoms with Crippen molar-refractivity contribution in [1.82, 2.24) is 20.0 Å². The number of benzene rings is 1. The summed E-state index contributed by atoms with van der Waals surface area (Å²) in [5.41, 5.74) is 2.01. The zero-order valence-corrected chi connectivity index (χ0v) is 17.8. The summed E-state index contributed by atoms with van der Waals surface area (Å²) in [4.78, 5) is 40.6. The van der Waals surface area contributed by atoms with Crippen LogP contribution >= 0.6 is 0 Å². The number of nitrogens with one attached hydrogen (secondary N) is 1. The van der Waals surface area contributed by atoms with Crippen LogP contribution < -0.4 is 15.0 Å². The van der Waals surface area contributed by atoms with Gasteiger partial charge in [0.2, 0.25) is 12.3 Å². The lowest BCUT2D eigenvalue weighted by Crippen LogP contribution is -2.37. The number of methoxy groups -OCH3 is 1. The summed E-state index contributed by atoms with van der Waals surface area (Å²) in [6, 6.07) is 6.84. The first-order valence-corrected chi connectivity index (χ1v) is 10.6. The van der Waals surface area contributed by atoms with E-state index in [4.69, 9.17) is 4.74 Å². The number of nitrogens with zero attached hydrogens (tertiary/aromatic N) is 4. The van der Waals surface area contributed by atoms with Crippen molar-refractivity contribution in [2.45, 2.75) is 45.7 Å².